The van der Waals surface area contributed by atoms with Gasteiger partial charge in [0, 0.05) is 5.56 Å². The van der Waals surface area contributed by atoms with E-state index in [9.17, 15) is 0 Å². The first-order valence-corrected chi connectivity index (χ1v) is 2.92. The maximum atomic E-state index is 8.28. The van der Waals surface area contributed by atoms with Crippen molar-refractivity contribution in [3.63, 3.8) is 0 Å². The molecule has 1 aromatic heterocycles. The first kappa shape index (κ1) is 7.17. The van der Waals surface area contributed by atoms with E-state index in [2.05, 4.69) is 14.8 Å². The van der Waals surface area contributed by atoms with Crippen molar-refractivity contribution in [2.75, 3.05) is 0 Å². The fourth-order valence-electron chi connectivity index (χ4n) is 0.588. The Labute approximate surface area is 64.0 Å². The summed E-state index contributed by atoms with van der Waals surface area (Å²) in [4.78, 5) is 10.4. The van der Waals surface area contributed by atoms with Crippen molar-refractivity contribution in [1.82, 2.24) is 9.97 Å². The Morgan fingerprint density at radius 1 is 1.55 bits per heavy atom. The van der Waals surface area contributed by atoms with E-state index in [0.717, 1.165) is 5.56 Å². The van der Waals surface area contributed by atoms with Gasteiger partial charge in [-0.1, -0.05) is 0 Å². The minimum Gasteiger partial charge on any atom is -0.394 e. The Morgan fingerprint density at radius 3 is 2.64 bits per heavy atom. The molecular formula is C7H4N4. The molecule has 0 bridgehead atoms. The summed E-state index contributed by atoms with van der Waals surface area (Å²) in [6.45, 7) is 6.55. The van der Waals surface area contributed by atoms with Crippen LogP contribution in [0, 0.1) is 17.9 Å². The average Bonchev–Trinajstić information content (AvgIpc) is 2.07. The second-order valence-corrected chi connectivity index (χ2v) is 1.84. The minimum atomic E-state index is 0.117. The molecule has 0 atom stereocenters. The summed E-state index contributed by atoms with van der Waals surface area (Å²) in [6, 6.07) is 1.96. The smallest absolute Gasteiger partial charge is 0.371 e. The van der Waals surface area contributed by atoms with Crippen LogP contribution in [0.1, 0.15) is 5.56 Å². The van der Waals surface area contributed by atoms with Gasteiger partial charge in [-0.3, -0.25) is 0 Å². The molecule has 11 heavy (non-hydrogen) atoms. The predicted molar refractivity (Wildman–Crippen MR) is 37.6 cm³/mol. The maximum Gasteiger partial charge on any atom is 0.371 e. The summed E-state index contributed by atoms with van der Waals surface area (Å²) < 4.78 is 0. The molecule has 0 fully saturated rings. The Morgan fingerprint density at radius 2 is 2.18 bits per heavy atom. The Hall–Kier alpha value is -1.94. The zero-order chi connectivity index (χ0) is 8.10. The SMILES string of the molecule is [C-]#[N+]c1ncc(CC#N)cn1. The van der Waals surface area contributed by atoms with Crippen LogP contribution < -0.4 is 0 Å². The molecule has 0 saturated heterocycles. The largest absolute Gasteiger partial charge is 0.394 e. The van der Waals surface area contributed by atoms with E-state index in [-0.39, 0.29) is 12.4 Å². The molecule has 0 aliphatic heterocycles. The van der Waals surface area contributed by atoms with Crippen molar-refractivity contribution in [2.24, 2.45) is 0 Å². The lowest BCUT2D eigenvalue weighted by Gasteiger charge is -1.87. The molecule has 0 unspecified atom stereocenters. The van der Waals surface area contributed by atoms with Gasteiger partial charge in [-0.25, -0.2) is 0 Å². The van der Waals surface area contributed by atoms with Gasteiger partial charge in [0.25, 0.3) is 0 Å². The fourth-order valence-corrected chi connectivity index (χ4v) is 0.588. The van der Waals surface area contributed by atoms with Crippen LogP contribution in [-0.2, 0) is 6.42 Å². The zero-order valence-electron chi connectivity index (χ0n) is 5.65. The highest BCUT2D eigenvalue weighted by Gasteiger charge is 1.96. The Balaban J connectivity index is 2.87. The van der Waals surface area contributed by atoms with Crippen molar-refractivity contribution in [1.29, 1.82) is 5.26 Å². The molecule has 1 aromatic rings. The van der Waals surface area contributed by atoms with Crippen molar-refractivity contribution < 1.29 is 0 Å². The summed E-state index contributed by atoms with van der Waals surface area (Å²) in [5.74, 6) is 0.117. The highest BCUT2D eigenvalue weighted by Crippen LogP contribution is 2.02. The Bertz CT molecular complexity index is 314. The highest BCUT2D eigenvalue weighted by molar-refractivity contribution is 5.25. The van der Waals surface area contributed by atoms with Gasteiger partial charge in [0.15, 0.2) is 0 Å². The van der Waals surface area contributed by atoms with Gasteiger partial charge in [-0.05, 0) is 0 Å². The lowest BCUT2D eigenvalue weighted by Crippen LogP contribution is -1.85. The predicted octanol–water partition coefficient (Wildman–Crippen LogP) is 1.09. The first-order chi connectivity index (χ1) is 5.36. The van der Waals surface area contributed by atoms with Crippen LogP contribution in [-0.4, -0.2) is 9.97 Å². The van der Waals surface area contributed by atoms with E-state index in [0.29, 0.717) is 0 Å². The standard InChI is InChI=1S/C7H4N4/c1-9-7-10-4-6(2-3-8)5-11-7/h4-5H,2H2. The molecule has 0 N–H and O–H groups in total. The number of rotatable bonds is 1. The minimum absolute atomic E-state index is 0.117. The second kappa shape index (κ2) is 3.28. The molecule has 0 aliphatic carbocycles. The van der Waals surface area contributed by atoms with Crippen molar-refractivity contribution in [2.45, 2.75) is 6.42 Å². The molecular weight excluding hydrogens is 140 g/mol. The van der Waals surface area contributed by atoms with Crippen LogP contribution >= 0.6 is 0 Å². The van der Waals surface area contributed by atoms with Crippen LogP contribution in [0.2, 0.25) is 0 Å². The van der Waals surface area contributed by atoms with Crippen LogP contribution in [0.4, 0.5) is 5.95 Å². The van der Waals surface area contributed by atoms with Crippen molar-refractivity contribution in [3.8, 4) is 6.07 Å². The van der Waals surface area contributed by atoms with Gasteiger partial charge in [-0.2, -0.15) is 15.2 Å². The van der Waals surface area contributed by atoms with Crippen molar-refractivity contribution >= 4 is 5.95 Å². The van der Waals surface area contributed by atoms with Gasteiger partial charge in [0.1, 0.15) is 0 Å². The summed E-state index contributed by atoms with van der Waals surface area (Å²) in [5, 5.41) is 8.28. The molecule has 0 saturated carbocycles. The van der Waals surface area contributed by atoms with E-state index < -0.39 is 0 Å². The topological polar surface area (TPSA) is 53.9 Å². The van der Waals surface area contributed by atoms with E-state index >= 15 is 0 Å². The number of hydrogen-bond donors (Lipinski definition) is 0. The summed E-state index contributed by atoms with van der Waals surface area (Å²) in [7, 11) is 0. The molecule has 4 nitrogen and oxygen atoms in total. The van der Waals surface area contributed by atoms with Crippen LogP contribution in [0.15, 0.2) is 12.4 Å². The van der Waals surface area contributed by atoms with E-state index in [1.165, 1.54) is 12.4 Å². The molecule has 1 rings (SSSR count). The van der Waals surface area contributed by atoms with E-state index in [1.54, 1.807) is 0 Å². The van der Waals surface area contributed by atoms with Crippen molar-refractivity contribution in [3.05, 3.63) is 29.4 Å². The average molecular weight is 144 g/mol. The molecule has 52 valence electrons. The Kier molecular flexibility index (Phi) is 2.14. The van der Waals surface area contributed by atoms with Crippen LogP contribution in [0.3, 0.4) is 0 Å². The van der Waals surface area contributed by atoms with Gasteiger partial charge >= 0.3 is 5.95 Å². The lowest BCUT2D eigenvalue weighted by molar-refractivity contribution is 1.12. The van der Waals surface area contributed by atoms with E-state index in [4.69, 9.17) is 11.8 Å². The summed E-state index contributed by atoms with van der Waals surface area (Å²) in [6.07, 6.45) is 3.27. The molecule has 0 radical (unpaired) electrons. The third-order valence-corrected chi connectivity index (χ3v) is 1.07. The zero-order valence-corrected chi connectivity index (χ0v) is 5.65. The third-order valence-electron chi connectivity index (χ3n) is 1.07. The third kappa shape index (κ3) is 1.74. The maximum absolute atomic E-state index is 8.28. The quantitative estimate of drug-likeness (QED) is 0.554. The monoisotopic (exact) mass is 144 g/mol. The number of aromatic nitrogens is 2. The van der Waals surface area contributed by atoms with Gasteiger partial charge in [0.2, 0.25) is 0 Å². The molecule has 0 aliphatic rings. The highest BCUT2D eigenvalue weighted by atomic mass is 15.0. The second-order valence-electron chi connectivity index (χ2n) is 1.84. The molecule has 0 aromatic carbocycles. The first-order valence-electron chi connectivity index (χ1n) is 2.92. The molecule has 0 amide bonds. The molecule has 4 heteroatoms. The molecule has 0 spiro atoms. The number of nitrogens with zero attached hydrogens (tertiary/aromatic N) is 4. The van der Waals surface area contributed by atoms with Crippen LogP contribution in [0.25, 0.3) is 4.85 Å². The number of nitriles is 1. The normalized spacial score (nSPS) is 8.18. The van der Waals surface area contributed by atoms with Gasteiger partial charge in [-0.15, -0.1) is 6.57 Å². The lowest BCUT2D eigenvalue weighted by atomic mass is 10.3. The number of hydrogen-bond acceptors (Lipinski definition) is 3. The summed E-state index contributed by atoms with van der Waals surface area (Å²) in [5.41, 5.74) is 0.736. The fraction of sp³-hybridized carbons (Fsp3) is 0.143. The van der Waals surface area contributed by atoms with Gasteiger partial charge in [0.05, 0.1) is 24.9 Å². The summed E-state index contributed by atoms with van der Waals surface area (Å²) >= 11 is 0. The van der Waals surface area contributed by atoms with E-state index in [1.807, 2.05) is 6.07 Å². The van der Waals surface area contributed by atoms with Gasteiger partial charge < -0.3 is 4.85 Å². The van der Waals surface area contributed by atoms with Crippen LogP contribution in [0.5, 0.6) is 0 Å². The molecule has 1 heterocycles.